The zero-order valence-electron chi connectivity index (χ0n) is 13.3. The molecule has 1 aliphatic carbocycles. The van der Waals surface area contributed by atoms with Crippen LogP contribution < -0.4 is 15.0 Å². The third kappa shape index (κ3) is 3.66. The zero-order chi connectivity index (χ0) is 14.5. The molecule has 112 valence electrons. The molecule has 0 radical (unpaired) electrons. The van der Waals surface area contributed by atoms with Gasteiger partial charge in [-0.15, -0.1) is 0 Å². The number of benzene rings is 1. The molecule has 0 aromatic heterocycles. The van der Waals surface area contributed by atoms with E-state index in [1.54, 1.807) is 7.11 Å². The molecule has 0 aliphatic heterocycles. The van der Waals surface area contributed by atoms with E-state index in [1.165, 1.54) is 24.1 Å². The standard InChI is InChI=1S/C17H28N2O/c1-5-11-18-13(2)17-15(7-6-8-16(17)20-4)19(3)12-14-9-10-14/h6-8,13-14,18H,5,9-12H2,1-4H3. The number of hydrogen-bond acceptors (Lipinski definition) is 3. The van der Waals surface area contributed by atoms with Gasteiger partial charge in [-0.25, -0.2) is 0 Å². The summed E-state index contributed by atoms with van der Waals surface area (Å²) in [7, 11) is 3.96. The van der Waals surface area contributed by atoms with Crippen molar-refractivity contribution in [1.29, 1.82) is 0 Å². The quantitative estimate of drug-likeness (QED) is 0.785. The summed E-state index contributed by atoms with van der Waals surface area (Å²) in [5.74, 6) is 1.87. The van der Waals surface area contributed by atoms with Gasteiger partial charge in [0, 0.05) is 30.9 Å². The Balaban J connectivity index is 2.23. The first kappa shape index (κ1) is 15.2. The van der Waals surface area contributed by atoms with Crippen LogP contribution in [0.2, 0.25) is 0 Å². The minimum absolute atomic E-state index is 0.308. The van der Waals surface area contributed by atoms with E-state index in [9.17, 15) is 0 Å². The maximum absolute atomic E-state index is 5.59. The lowest BCUT2D eigenvalue weighted by atomic mass is 10.0. The topological polar surface area (TPSA) is 24.5 Å². The first-order chi connectivity index (χ1) is 9.67. The number of nitrogens with one attached hydrogen (secondary N) is 1. The Labute approximate surface area is 123 Å². The highest BCUT2D eigenvalue weighted by atomic mass is 16.5. The van der Waals surface area contributed by atoms with Gasteiger partial charge >= 0.3 is 0 Å². The Morgan fingerprint density at radius 2 is 2.15 bits per heavy atom. The van der Waals surface area contributed by atoms with E-state index in [-0.39, 0.29) is 0 Å². The van der Waals surface area contributed by atoms with Crippen LogP contribution in [0.25, 0.3) is 0 Å². The molecule has 1 aromatic rings. The van der Waals surface area contributed by atoms with Crippen LogP contribution in [0.4, 0.5) is 5.69 Å². The Bertz CT molecular complexity index is 429. The van der Waals surface area contributed by atoms with Crippen molar-refractivity contribution in [2.24, 2.45) is 5.92 Å². The average molecular weight is 276 g/mol. The Kier molecular flexibility index (Phi) is 5.30. The lowest BCUT2D eigenvalue weighted by Crippen LogP contribution is -2.26. The molecule has 1 atom stereocenters. The summed E-state index contributed by atoms with van der Waals surface area (Å²) in [5.41, 5.74) is 2.58. The lowest BCUT2D eigenvalue weighted by molar-refractivity contribution is 0.401. The second-order valence-corrected chi connectivity index (χ2v) is 5.89. The van der Waals surface area contributed by atoms with Crippen molar-refractivity contribution in [2.45, 2.75) is 39.2 Å². The number of rotatable bonds is 8. The molecule has 1 N–H and O–H groups in total. The van der Waals surface area contributed by atoms with Gasteiger partial charge in [-0.05, 0) is 50.8 Å². The largest absolute Gasteiger partial charge is 0.496 e. The predicted octanol–water partition coefficient (Wildman–Crippen LogP) is 3.60. The molecule has 3 nitrogen and oxygen atoms in total. The van der Waals surface area contributed by atoms with Crippen LogP contribution in [0.1, 0.15) is 44.7 Å². The number of nitrogens with zero attached hydrogens (tertiary/aromatic N) is 1. The first-order valence-electron chi connectivity index (χ1n) is 7.78. The third-order valence-corrected chi connectivity index (χ3v) is 4.04. The van der Waals surface area contributed by atoms with Gasteiger partial charge in [0.15, 0.2) is 0 Å². The fraction of sp³-hybridized carbons (Fsp3) is 0.647. The summed E-state index contributed by atoms with van der Waals surface area (Å²) >= 11 is 0. The van der Waals surface area contributed by atoms with Crippen LogP contribution in [0, 0.1) is 5.92 Å². The van der Waals surface area contributed by atoms with Crippen LogP contribution in [0.15, 0.2) is 18.2 Å². The minimum Gasteiger partial charge on any atom is -0.496 e. The van der Waals surface area contributed by atoms with Crippen LogP contribution in [0.3, 0.4) is 0 Å². The summed E-state index contributed by atoms with van der Waals surface area (Å²) in [6.07, 6.45) is 3.91. The average Bonchev–Trinajstić information content (AvgIpc) is 3.27. The van der Waals surface area contributed by atoms with Crippen LogP contribution >= 0.6 is 0 Å². The van der Waals surface area contributed by atoms with Crippen LogP contribution in [-0.4, -0.2) is 27.2 Å². The predicted molar refractivity (Wildman–Crippen MR) is 85.7 cm³/mol. The van der Waals surface area contributed by atoms with E-state index in [4.69, 9.17) is 4.74 Å². The van der Waals surface area contributed by atoms with Crippen molar-refractivity contribution in [3.63, 3.8) is 0 Å². The second-order valence-electron chi connectivity index (χ2n) is 5.89. The fourth-order valence-electron chi connectivity index (χ4n) is 2.73. The SMILES string of the molecule is CCCNC(C)c1c(OC)cccc1N(C)CC1CC1. The van der Waals surface area contributed by atoms with E-state index >= 15 is 0 Å². The van der Waals surface area contributed by atoms with Crippen molar-refractivity contribution >= 4 is 5.69 Å². The zero-order valence-corrected chi connectivity index (χ0v) is 13.3. The van der Waals surface area contributed by atoms with Gasteiger partial charge in [-0.3, -0.25) is 0 Å². The van der Waals surface area contributed by atoms with Crippen LogP contribution in [-0.2, 0) is 0 Å². The molecule has 0 heterocycles. The van der Waals surface area contributed by atoms with Gasteiger partial charge in [0.25, 0.3) is 0 Å². The van der Waals surface area contributed by atoms with Crippen LogP contribution in [0.5, 0.6) is 5.75 Å². The normalized spacial score (nSPS) is 16.0. The molecule has 1 fully saturated rings. The van der Waals surface area contributed by atoms with E-state index in [2.05, 4.69) is 49.3 Å². The van der Waals surface area contributed by atoms with Crippen molar-refractivity contribution in [1.82, 2.24) is 5.32 Å². The van der Waals surface area contributed by atoms with Crippen molar-refractivity contribution in [3.8, 4) is 5.75 Å². The monoisotopic (exact) mass is 276 g/mol. The Hall–Kier alpha value is -1.22. The summed E-state index contributed by atoms with van der Waals surface area (Å²) in [6.45, 7) is 6.61. The fourth-order valence-corrected chi connectivity index (χ4v) is 2.73. The Morgan fingerprint density at radius 3 is 2.75 bits per heavy atom. The van der Waals surface area contributed by atoms with Crippen molar-refractivity contribution in [3.05, 3.63) is 23.8 Å². The van der Waals surface area contributed by atoms with Gasteiger partial charge in [0.1, 0.15) is 5.75 Å². The van der Waals surface area contributed by atoms with Gasteiger partial charge in [0.05, 0.1) is 7.11 Å². The molecule has 1 saturated carbocycles. The molecule has 0 spiro atoms. The molecule has 1 aromatic carbocycles. The molecular formula is C17H28N2O. The molecule has 2 rings (SSSR count). The molecular weight excluding hydrogens is 248 g/mol. The summed E-state index contributed by atoms with van der Waals surface area (Å²) in [5, 5.41) is 3.58. The number of hydrogen-bond donors (Lipinski definition) is 1. The molecule has 0 saturated heterocycles. The molecule has 20 heavy (non-hydrogen) atoms. The lowest BCUT2D eigenvalue weighted by Gasteiger charge is -2.27. The van der Waals surface area contributed by atoms with Crippen molar-refractivity contribution in [2.75, 3.05) is 32.1 Å². The smallest absolute Gasteiger partial charge is 0.125 e. The summed E-state index contributed by atoms with van der Waals surface area (Å²) < 4.78 is 5.59. The van der Waals surface area contributed by atoms with E-state index in [0.29, 0.717) is 6.04 Å². The number of anilines is 1. The third-order valence-electron chi connectivity index (χ3n) is 4.04. The molecule has 0 amide bonds. The minimum atomic E-state index is 0.308. The maximum atomic E-state index is 5.59. The maximum Gasteiger partial charge on any atom is 0.125 e. The van der Waals surface area contributed by atoms with Gasteiger partial charge in [-0.2, -0.15) is 0 Å². The Morgan fingerprint density at radius 1 is 1.40 bits per heavy atom. The second kappa shape index (κ2) is 6.98. The van der Waals surface area contributed by atoms with Crippen molar-refractivity contribution < 1.29 is 4.74 Å². The number of methoxy groups -OCH3 is 1. The van der Waals surface area contributed by atoms with E-state index in [0.717, 1.165) is 31.2 Å². The van der Waals surface area contributed by atoms with E-state index in [1.807, 2.05) is 0 Å². The van der Waals surface area contributed by atoms with Gasteiger partial charge in [0.2, 0.25) is 0 Å². The summed E-state index contributed by atoms with van der Waals surface area (Å²) in [4.78, 5) is 2.39. The highest BCUT2D eigenvalue weighted by Crippen LogP contribution is 2.37. The molecule has 0 bridgehead atoms. The van der Waals surface area contributed by atoms with Gasteiger partial charge in [-0.1, -0.05) is 13.0 Å². The van der Waals surface area contributed by atoms with Gasteiger partial charge < -0.3 is 15.0 Å². The van der Waals surface area contributed by atoms with E-state index < -0.39 is 0 Å². The number of ether oxygens (including phenoxy) is 1. The first-order valence-corrected chi connectivity index (χ1v) is 7.78. The molecule has 1 aliphatic rings. The molecule has 3 heteroatoms. The molecule has 1 unspecified atom stereocenters. The highest BCUT2D eigenvalue weighted by molar-refractivity contribution is 5.60. The summed E-state index contributed by atoms with van der Waals surface area (Å²) in [6, 6.07) is 6.68. The highest BCUT2D eigenvalue weighted by Gasteiger charge is 2.25.